The number of hydrogen-bond donors (Lipinski definition) is 1. The van der Waals surface area contributed by atoms with Gasteiger partial charge in [0.05, 0.1) is 29.2 Å². The van der Waals surface area contributed by atoms with E-state index < -0.39 is 0 Å². The topological polar surface area (TPSA) is 67.4 Å². The lowest BCUT2D eigenvalue weighted by atomic mass is 10.1. The van der Waals surface area contributed by atoms with E-state index in [1.54, 1.807) is 0 Å². The first-order valence-corrected chi connectivity index (χ1v) is 10.7. The Morgan fingerprint density at radius 3 is 2.68 bits per heavy atom. The van der Waals surface area contributed by atoms with Crippen molar-refractivity contribution in [3.63, 3.8) is 0 Å². The van der Waals surface area contributed by atoms with Crippen LogP contribution in [0.15, 0.2) is 22.7 Å². The van der Waals surface area contributed by atoms with Gasteiger partial charge in [-0.15, -0.1) is 11.3 Å². The van der Waals surface area contributed by atoms with Gasteiger partial charge in [0.1, 0.15) is 16.5 Å². The first kappa shape index (κ1) is 19.3. The second-order valence-electron chi connectivity index (χ2n) is 6.87. The number of fused-ring (bicyclic) bond motifs is 1. The monoisotopic (exact) mass is 460 g/mol. The van der Waals surface area contributed by atoms with Crippen LogP contribution in [0.1, 0.15) is 26.6 Å². The Balaban J connectivity index is 1.73. The number of aryl methyl sites for hydroxylation is 3. The lowest BCUT2D eigenvalue weighted by molar-refractivity contribution is 0.103. The summed E-state index contributed by atoms with van der Waals surface area (Å²) in [6, 6.07) is 5.87. The highest BCUT2D eigenvalue weighted by Crippen LogP contribution is 2.36. The fourth-order valence-electron chi connectivity index (χ4n) is 3.34. The average Bonchev–Trinajstić information content (AvgIpc) is 3.00. The Morgan fingerprint density at radius 2 is 1.96 bits per heavy atom. The molecule has 4 rings (SSSR count). The van der Waals surface area contributed by atoms with Gasteiger partial charge in [-0.2, -0.15) is 0 Å². The number of thiophene rings is 1. The number of nitrogens with one attached hydrogen (secondary N) is 1. The van der Waals surface area contributed by atoms with E-state index in [1.165, 1.54) is 11.3 Å². The molecule has 1 aliphatic heterocycles. The number of nitrogens with zero attached hydrogens (tertiary/aromatic N) is 3. The van der Waals surface area contributed by atoms with Crippen molar-refractivity contribution in [1.29, 1.82) is 0 Å². The Kier molecular flexibility index (Phi) is 5.35. The maximum Gasteiger partial charge on any atom is 0.266 e. The summed E-state index contributed by atoms with van der Waals surface area (Å²) < 4.78 is 6.34. The highest BCUT2D eigenvalue weighted by atomic mass is 79.9. The minimum absolute atomic E-state index is 0.129. The summed E-state index contributed by atoms with van der Waals surface area (Å²) in [6.07, 6.45) is 0. The van der Waals surface area contributed by atoms with Crippen molar-refractivity contribution in [2.24, 2.45) is 0 Å². The number of aromatic nitrogens is 2. The van der Waals surface area contributed by atoms with E-state index in [1.807, 2.05) is 39.0 Å². The Morgan fingerprint density at radius 1 is 1.21 bits per heavy atom. The van der Waals surface area contributed by atoms with Crippen molar-refractivity contribution in [2.75, 3.05) is 36.5 Å². The molecule has 28 heavy (non-hydrogen) atoms. The molecule has 8 heteroatoms. The van der Waals surface area contributed by atoms with Crippen molar-refractivity contribution in [3.8, 4) is 0 Å². The van der Waals surface area contributed by atoms with Crippen molar-refractivity contribution in [2.45, 2.75) is 20.8 Å². The van der Waals surface area contributed by atoms with Crippen molar-refractivity contribution in [3.05, 3.63) is 44.5 Å². The van der Waals surface area contributed by atoms with Gasteiger partial charge < -0.3 is 15.0 Å². The zero-order valence-corrected chi connectivity index (χ0v) is 18.4. The van der Waals surface area contributed by atoms with E-state index in [0.717, 1.165) is 50.4 Å². The fourth-order valence-corrected chi connectivity index (χ4v) is 5.05. The predicted molar refractivity (Wildman–Crippen MR) is 117 cm³/mol. The second-order valence-corrected chi connectivity index (χ2v) is 8.72. The number of carbonyl (C=O) groups is 1. The molecule has 0 bridgehead atoms. The number of anilines is 2. The van der Waals surface area contributed by atoms with Crippen LogP contribution in [-0.4, -0.2) is 42.2 Å². The number of carbonyl (C=O) groups excluding carboxylic acids is 1. The molecule has 0 aliphatic carbocycles. The van der Waals surface area contributed by atoms with E-state index in [9.17, 15) is 4.79 Å². The minimum Gasteiger partial charge on any atom is -0.378 e. The van der Waals surface area contributed by atoms with Crippen LogP contribution in [-0.2, 0) is 4.74 Å². The van der Waals surface area contributed by atoms with Crippen LogP contribution in [0.2, 0.25) is 0 Å². The van der Waals surface area contributed by atoms with E-state index in [4.69, 9.17) is 9.72 Å². The molecular formula is C20H21BrN4O2S. The first-order valence-electron chi connectivity index (χ1n) is 9.12. The third-order valence-corrected chi connectivity index (χ3v) is 6.61. The summed E-state index contributed by atoms with van der Waals surface area (Å²) in [5, 5.41) is 3.98. The quantitative estimate of drug-likeness (QED) is 0.624. The fraction of sp³-hybridized carbons (Fsp3) is 0.350. The second kappa shape index (κ2) is 7.77. The first-order chi connectivity index (χ1) is 13.4. The molecule has 1 N–H and O–H groups in total. The van der Waals surface area contributed by atoms with Crippen LogP contribution >= 0.6 is 27.3 Å². The Hall–Kier alpha value is -2.03. The summed E-state index contributed by atoms with van der Waals surface area (Å²) in [6.45, 7) is 8.82. The minimum atomic E-state index is -0.129. The summed E-state index contributed by atoms with van der Waals surface area (Å²) in [4.78, 5) is 26.0. The molecule has 3 aromatic rings. The van der Waals surface area contributed by atoms with Gasteiger partial charge >= 0.3 is 0 Å². The SMILES string of the molecule is Cc1ccc(NC(=O)c2sc3nc(C)nc(N4CCOCC4)c3c2C)c(Br)c1. The van der Waals surface area contributed by atoms with E-state index >= 15 is 0 Å². The largest absolute Gasteiger partial charge is 0.378 e. The van der Waals surface area contributed by atoms with Crippen molar-refractivity contribution >= 4 is 54.9 Å². The number of ether oxygens (including phenoxy) is 1. The van der Waals surface area contributed by atoms with E-state index in [2.05, 4.69) is 31.1 Å². The number of amides is 1. The van der Waals surface area contributed by atoms with E-state index in [0.29, 0.717) is 23.9 Å². The molecule has 0 unspecified atom stereocenters. The molecular weight excluding hydrogens is 440 g/mol. The average molecular weight is 461 g/mol. The third-order valence-electron chi connectivity index (χ3n) is 4.77. The molecule has 3 heterocycles. The van der Waals surface area contributed by atoms with Gasteiger partial charge in [-0.3, -0.25) is 4.79 Å². The van der Waals surface area contributed by atoms with Gasteiger partial charge in [0.25, 0.3) is 5.91 Å². The maximum absolute atomic E-state index is 13.0. The molecule has 0 atom stereocenters. The molecule has 0 radical (unpaired) electrons. The van der Waals surface area contributed by atoms with Gasteiger partial charge in [-0.1, -0.05) is 6.07 Å². The molecule has 0 saturated carbocycles. The van der Waals surface area contributed by atoms with Gasteiger partial charge in [-0.25, -0.2) is 9.97 Å². The third kappa shape index (κ3) is 3.64. The zero-order valence-electron chi connectivity index (χ0n) is 16.0. The molecule has 1 fully saturated rings. The summed E-state index contributed by atoms with van der Waals surface area (Å²) >= 11 is 4.94. The van der Waals surface area contributed by atoms with Gasteiger partial charge in [0.15, 0.2) is 0 Å². The smallest absolute Gasteiger partial charge is 0.266 e. The molecule has 2 aromatic heterocycles. The van der Waals surface area contributed by atoms with Crippen molar-refractivity contribution < 1.29 is 9.53 Å². The molecule has 146 valence electrons. The zero-order chi connectivity index (χ0) is 19.8. The summed E-state index contributed by atoms with van der Waals surface area (Å²) in [5.74, 6) is 1.48. The lowest BCUT2D eigenvalue weighted by Crippen LogP contribution is -2.37. The van der Waals surface area contributed by atoms with Crippen LogP contribution in [0.3, 0.4) is 0 Å². The summed E-state index contributed by atoms with van der Waals surface area (Å²) in [5.41, 5.74) is 2.80. The molecule has 1 saturated heterocycles. The van der Waals surface area contributed by atoms with Crippen LogP contribution in [0.25, 0.3) is 10.2 Å². The molecule has 1 amide bonds. The van der Waals surface area contributed by atoms with E-state index in [-0.39, 0.29) is 5.91 Å². The highest BCUT2D eigenvalue weighted by molar-refractivity contribution is 9.10. The molecule has 0 spiro atoms. The van der Waals surface area contributed by atoms with Crippen LogP contribution < -0.4 is 10.2 Å². The van der Waals surface area contributed by atoms with Crippen LogP contribution in [0.4, 0.5) is 11.5 Å². The molecule has 1 aromatic carbocycles. The van der Waals surface area contributed by atoms with Gasteiger partial charge in [0.2, 0.25) is 0 Å². The number of hydrogen-bond acceptors (Lipinski definition) is 6. The lowest BCUT2D eigenvalue weighted by Gasteiger charge is -2.28. The van der Waals surface area contributed by atoms with Crippen LogP contribution in [0, 0.1) is 20.8 Å². The van der Waals surface area contributed by atoms with Gasteiger partial charge in [-0.05, 0) is 60.0 Å². The predicted octanol–water partition coefficient (Wildman–Crippen LogP) is 4.47. The number of rotatable bonds is 3. The van der Waals surface area contributed by atoms with Crippen molar-refractivity contribution in [1.82, 2.24) is 9.97 Å². The van der Waals surface area contributed by atoms with Gasteiger partial charge in [0, 0.05) is 17.6 Å². The number of halogens is 1. The summed E-state index contributed by atoms with van der Waals surface area (Å²) in [7, 11) is 0. The number of morpholine rings is 1. The van der Waals surface area contributed by atoms with Crippen LogP contribution in [0.5, 0.6) is 0 Å². The molecule has 6 nitrogen and oxygen atoms in total. The molecule has 1 aliphatic rings. The number of benzene rings is 1. The highest BCUT2D eigenvalue weighted by Gasteiger charge is 2.24. The standard InChI is InChI=1S/C20H21BrN4O2S/c1-11-4-5-15(14(21)10-11)24-19(26)17-12(2)16-18(25-6-8-27-9-7-25)22-13(3)23-20(16)28-17/h4-5,10H,6-9H2,1-3H3,(H,24,26). The maximum atomic E-state index is 13.0. The Labute approximate surface area is 176 Å². The Bertz CT molecular complexity index is 1060. The normalized spacial score (nSPS) is 14.5.